The number of aliphatic hydroxyl groups excluding tert-OH is 3. The molecule has 3 N–H and O–H groups in total. The largest absolute Gasteiger partial charge is 0.445 e. The zero-order valence-electron chi connectivity index (χ0n) is 22.1. The number of aromatic nitrogens is 1. The van der Waals surface area contributed by atoms with Gasteiger partial charge in [-0.15, -0.1) is 0 Å². The molecule has 5 heteroatoms. The Morgan fingerprint density at radius 3 is 2.64 bits per heavy atom. The quantitative estimate of drug-likeness (QED) is 0.442. The SMILES string of the molecule is C=C1C(=CC=C2CCC[C@]3(C)[C@@H]([C@H](C)C=C[C@H](O)C4(c5ncc(C)o5)CC4)CC[C@@H]23)C[C@@H](O)C[C@@H]1O. The molecule has 1 aromatic heterocycles. The number of hydrogen-bond donors (Lipinski definition) is 3. The smallest absolute Gasteiger partial charge is 0.203 e. The van der Waals surface area contributed by atoms with Gasteiger partial charge in [0.1, 0.15) is 5.76 Å². The lowest BCUT2D eigenvalue weighted by Gasteiger charge is -2.44. The van der Waals surface area contributed by atoms with E-state index >= 15 is 0 Å². The molecule has 4 saturated carbocycles. The van der Waals surface area contributed by atoms with Gasteiger partial charge in [-0.25, -0.2) is 4.98 Å². The van der Waals surface area contributed by atoms with Crippen LogP contribution in [0.15, 0.2) is 58.2 Å². The van der Waals surface area contributed by atoms with Crippen molar-refractivity contribution in [2.45, 2.75) is 102 Å². The van der Waals surface area contributed by atoms with Crippen LogP contribution in [-0.2, 0) is 5.41 Å². The first-order chi connectivity index (χ1) is 17.1. The van der Waals surface area contributed by atoms with Gasteiger partial charge in [-0.1, -0.05) is 50.3 Å². The standard InChI is InChI=1S/C31H43NO4/c1-19(7-12-28(35)31(14-15-31)29-32-18-20(2)36-29)25-10-11-26-22(6-5-13-30(25,26)4)8-9-23-16-24(33)17-27(34)21(23)3/h7-9,12,18-19,24-28,33-35H,3,5-6,10-11,13-17H2,1-2,4H3/t19-,24-,25-,26+,27+,28+,30-/m1/s1. The van der Waals surface area contributed by atoms with Gasteiger partial charge in [0.25, 0.3) is 0 Å². The molecule has 4 aliphatic rings. The van der Waals surface area contributed by atoms with Crippen LogP contribution in [0.3, 0.4) is 0 Å². The van der Waals surface area contributed by atoms with Gasteiger partial charge >= 0.3 is 0 Å². The molecule has 0 saturated heterocycles. The van der Waals surface area contributed by atoms with E-state index in [1.54, 1.807) is 6.20 Å². The van der Waals surface area contributed by atoms with Gasteiger partial charge in [-0.3, -0.25) is 0 Å². The van der Waals surface area contributed by atoms with Crippen molar-refractivity contribution >= 4 is 0 Å². The molecular weight excluding hydrogens is 450 g/mol. The summed E-state index contributed by atoms with van der Waals surface area (Å²) in [6.07, 6.45) is 17.4. The van der Waals surface area contributed by atoms with Gasteiger partial charge in [0.2, 0.25) is 5.89 Å². The van der Waals surface area contributed by atoms with Gasteiger partial charge in [0, 0.05) is 6.42 Å². The molecule has 7 atom stereocenters. The van der Waals surface area contributed by atoms with E-state index in [9.17, 15) is 15.3 Å². The van der Waals surface area contributed by atoms with Crippen LogP contribution in [0.5, 0.6) is 0 Å². The van der Waals surface area contributed by atoms with Crippen LogP contribution in [0.1, 0.15) is 83.3 Å². The van der Waals surface area contributed by atoms with Crippen LogP contribution in [0, 0.1) is 30.1 Å². The molecule has 4 aliphatic carbocycles. The molecule has 1 heterocycles. The monoisotopic (exact) mass is 493 g/mol. The number of oxazole rings is 1. The summed E-state index contributed by atoms with van der Waals surface area (Å²) in [4.78, 5) is 4.41. The number of aryl methyl sites for hydroxylation is 1. The highest BCUT2D eigenvalue weighted by atomic mass is 16.4. The lowest BCUT2D eigenvalue weighted by atomic mass is 9.61. The molecule has 196 valence electrons. The normalized spacial score (nSPS) is 38.0. The van der Waals surface area contributed by atoms with E-state index < -0.39 is 18.3 Å². The van der Waals surface area contributed by atoms with Crippen LogP contribution in [-0.4, -0.2) is 38.6 Å². The highest BCUT2D eigenvalue weighted by molar-refractivity contribution is 5.38. The second-order valence-corrected chi connectivity index (χ2v) is 12.3. The van der Waals surface area contributed by atoms with Crippen LogP contribution < -0.4 is 0 Å². The van der Waals surface area contributed by atoms with Crippen molar-refractivity contribution in [3.05, 3.63) is 65.5 Å². The Kier molecular flexibility index (Phi) is 6.95. The Hall–Kier alpha value is -1.95. The molecule has 0 aliphatic heterocycles. The molecule has 0 aromatic carbocycles. The molecule has 0 spiro atoms. The molecule has 0 amide bonds. The van der Waals surface area contributed by atoms with Gasteiger partial charge < -0.3 is 19.7 Å². The number of fused-ring (bicyclic) bond motifs is 1. The van der Waals surface area contributed by atoms with E-state index in [-0.39, 0.29) is 10.8 Å². The number of hydrogen-bond acceptors (Lipinski definition) is 5. The Morgan fingerprint density at radius 2 is 1.94 bits per heavy atom. The van der Waals surface area contributed by atoms with Crippen molar-refractivity contribution in [1.29, 1.82) is 0 Å². The lowest BCUT2D eigenvalue weighted by molar-refractivity contribution is 0.0862. The predicted molar refractivity (Wildman–Crippen MR) is 141 cm³/mol. The maximum Gasteiger partial charge on any atom is 0.203 e. The maximum absolute atomic E-state index is 11.0. The molecule has 0 bridgehead atoms. The van der Waals surface area contributed by atoms with E-state index in [2.05, 4.69) is 43.6 Å². The third kappa shape index (κ3) is 4.59. The molecule has 5 nitrogen and oxygen atoms in total. The highest BCUT2D eigenvalue weighted by Gasteiger charge is 2.54. The second kappa shape index (κ2) is 9.74. The summed E-state index contributed by atoms with van der Waals surface area (Å²) in [6.45, 7) is 10.8. The zero-order valence-corrected chi connectivity index (χ0v) is 22.1. The van der Waals surface area contributed by atoms with Gasteiger partial charge in [0.05, 0.1) is 29.9 Å². The van der Waals surface area contributed by atoms with Crippen LogP contribution in [0.25, 0.3) is 0 Å². The molecule has 4 fully saturated rings. The second-order valence-electron chi connectivity index (χ2n) is 12.3. The van der Waals surface area contributed by atoms with E-state index in [1.165, 1.54) is 31.3 Å². The molecule has 0 unspecified atom stereocenters. The van der Waals surface area contributed by atoms with Gasteiger partial charge in [-0.2, -0.15) is 0 Å². The summed E-state index contributed by atoms with van der Waals surface area (Å²) < 4.78 is 5.77. The van der Waals surface area contributed by atoms with E-state index in [1.807, 2.05) is 13.0 Å². The third-order valence-corrected chi connectivity index (χ3v) is 9.94. The lowest BCUT2D eigenvalue weighted by Crippen LogP contribution is -2.35. The number of rotatable bonds is 6. The highest BCUT2D eigenvalue weighted by Crippen LogP contribution is 2.59. The fourth-order valence-electron chi connectivity index (χ4n) is 7.56. The van der Waals surface area contributed by atoms with Gasteiger partial charge in [0.15, 0.2) is 0 Å². The topological polar surface area (TPSA) is 86.7 Å². The van der Waals surface area contributed by atoms with Crippen molar-refractivity contribution in [3.8, 4) is 0 Å². The van der Waals surface area contributed by atoms with E-state index in [4.69, 9.17) is 4.42 Å². The third-order valence-electron chi connectivity index (χ3n) is 9.94. The molecular formula is C31H43NO4. The molecule has 5 rings (SSSR count). The summed E-state index contributed by atoms with van der Waals surface area (Å²) in [5.41, 5.74) is 3.15. The first-order valence-electron chi connectivity index (χ1n) is 13.9. The summed E-state index contributed by atoms with van der Waals surface area (Å²) in [5.74, 6) is 3.00. The Bertz CT molecular complexity index is 1080. The van der Waals surface area contributed by atoms with Crippen LogP contribution in [0.4, 0.5) is 0 Å². The minimum Gasteiger partial charge on any atom is -0.445 e. The average Bonchev–Trinajstić information content (AvgIpc) is 3.41. The zero-order chi connectivity index (χ0) is 25.7. The van der Waals surface area contributed by atoms with Crippen molar-refractivity contribution in [3.63, 3.8) is 0 Å². The predicted octanol–water partition coefficient (Wildman–Crippen LogP) is 5.71. The van der Waals surface area contributed by atoms with Crippen molar-refractivity contribution in [2.75, 3.05) is 0 Å². The molecule has 36 heavy (non-hydrogen) atoms. The van der Waals surface area contributed by atoms with Gasteiger partial charge in [-0.05, 0) is 92.6 Å². The van der Waals surface area contributed by atoms with Crippen molar-refractivity contribution in [2.24, 2.45) is 23.2 Å². The summed E-state index contributed by atoms with van der Waals surface area (Å²) >= 11 is 0. The Labute approximate surface area is 215 Å². The Balaban J connectivity index is 1.29. The van der Waals surface area contributed by atoms with Crippen molar-refractivity contribution in [1.82, 2.24) is 4.98 Å². The van der Waals surface area contributed by atoms with E-state index in [0.29, 0.717) is 36.5 Å². The molecule has 1 aromatic rings. The minimum absolute atomic E-state index is 0.247. The number of allylic oxidation sites excluding steroid dienone is 4. The summed E-state index contributed by atoms with van der Waals surface area (Å²) in [6, 6.07) is 0. The molecule has 0 radical (unpaired) electrons. The number of aliphatic hydroxyl groups is 3. The first-order valence-corrected chi connectivity index (χ1v) is 13.9. The van der Waals surface area contributed by atoms with Crippen molar-refractivity contribution < 1.29 is 19.7 Å². The fourth-order valence-corrected chi connectivity index (χ4v) is 7.56. The van der Waals surface area contributed by atoms with Crippen LogP contribution >= 0.6 is 0 Å². The number of nitrogens with zero attached hydrogens (tertiary/aromatic N) is 1. The minimum atomic E-state index is -0.642. The maximum atomic E-state index is 11.0. The van der Waals surface area contributed by atoms with Crippen LogP contribution in [0.2, 0.25) is 0 Å². The fraction of sp³-hybridized carbons (Fsp3) is 0.645. The first kappa shape index (κ1) is 25.7. The summed E-state index contributed by atoms with van der Waals surface area (Å²) in [7, 11) is 0. The summed E-state index contributed by atoms with van der Waals surface area (Å²) in [5, 5.41) is 31.3. The van der Waals surface area contributed by atoms with E-state index in [0.717, 1.165) is 36.2 Å². The average molecular weight is 494 g/mol. The Morgan fingerprint density at radius 1 is 1.17 bits per heavy atom.